The van der Waals surface area contributed by atoms with Crippen LogP contribution in [0, 0.1) is 23.2 Å². The zero-order valence-electron chi connectivity index (χ0n) is 12.7. The van der Waals surface area contributed by atoms with E-state index in [9.17, 15) is 9.59 Å². The van der Waals surface area contributed by atoms with E-state index in [-0.39, 0.29) is 23.3 Å². The Balaban J connectivity index is 1.48. The van der Waals surface area contributed by atoms with Crippen molar-refractivity contribution in [3.8, 4) is 0 Å². The second-order valence-corrected chi connectivity index (χ2v) is 8.01. The van der Waals surface area contributed by atoms with Crippen LogP contribution in [-0.2, 0) is 9.59 Å². The highest BCUT2D eigenvalue weighted by Crippen LogP contribution is 2.60. The monoisotopic (exact) mass is 290 g/mol. The lowest BCUT2D eigenvalue weighted by molar-refractivity contribution is -0.148. The van der Waals surface area contributed by atoms with Crippen LogP contribution in [0.1, 0.15) is 57.8 Å². The number of rotatable bonds is 2. The quantitative estimate of drug-likeness (QED) is 0.817. The lowest BCUT2D eigenvalue weighted by Gasteiger charge is -2.55. The fraction of sp³-hybridized carbons (Fsp3) is 0.882. The van der Waals surface area contributed by atoms with Gasteiger partial charge in [0.25, 0.3) is 0 Å². The van der Waals surface area contributed by atoms with Gasteiger partial charge in [-0.05, 0) is 75.5 Å². The molecule has 5 aliphatic rings. The van der Waals surface area contributed by atoms with E-state index in [0.717, 1.165) is 62.8 Å². The highest BCUT2D eigenvalue weighted by Gasteiger charge is 2.54. The minimum absolute atomic E-state index is 0.0191. The molecule has 0 unspecified atom stereocenters. The standard InChI is InChI=1S/C17H26N2O2/c20-15-14(3-1-2-4-18-15)19-16(21)17-8-11-5-12(9-17)7-13(6-11)10-17/h11-14H,1-10H2,(H,18,20)(H,19,21)/t11?,12?,13?,14-,17?/m1/s1. The minimum Gasteiger partial charge on any atom is -0.354 e. The molecule has 1 saturated heterocycles. The number of hydrogen-bond acceptors (Lipinski definition) is 2. The van der Waals surface area contributed by atoms with Gasteiger partial charge in [-0.15, -0.1) is 0 Å². The number of amides is 2. The maximum absolute atomic E-state index is 12.9. The van der Waals surface area contributed by atoms with E-state index >= 15 is 0 Å². The van der Waals surface area contributed by atoms with Crippen LogP contribution in [0.5, 0.6) is 0 Å². The maximum Gasteiger partial charge on any atom is 0.242 e. The molecule has 1 heterocycles. The second-order valence-electron chi connectivity index (χ2n) is 8.01. The van der Waals surface area contributed by atoms with Crippen molar-refractivity contribution < 1.29 is 9.59 Å². The molecule has 4 saturated carbocycles. The molecule has 2 N–H and O–H groups in total. The number of carbonyl (C=O) groups excluding carboxylic acids is 2. The molecule has 0 aromatic carbocycles. The van der Waals surface area contributed by atoms with Crippen LogP contribution >= 0.6 is 0 Å². The van der Waals surface area contributed by atoms with Crippen molar-refractivity contribution in [2.24, 2.45) is 23.2 Å². The third-order valence-corrected chi connectivity index (χ3v) is 6.36. The lowest BCUT2D eigenvalue weighted by atomic mass is 9.49. The molecule has 5 rings (SSSR count). The van der Waals surface area contributed by atoms with Gasteiger partial charge in [0.2, 0.25) is 11.8 Å². The topological polar surface area (TPSA) is 58.2 Å². The normalized spacial score (nSPS) is 45.0. The molecule has 0 aromatic rings. The van der Waals surface area contributed by atoms with Gasteiger partial charge in [-0.2, -0.15) is 0 Å². The van der Waals surface area contributed by atoms with Crippen molar-refractivity contribution >= 4 is 11.8 Å². The van der Waals surface area contributed by atoms with Crippen LogP contribution < -0.4 is 10.6 Å². The van der Waals surface area contributed by atoms with Gasteiger partial charge in [0, 0.05) is 12.0 Å². The second kappa shape index (κ2) is 4.99. The van der Waals surface area contributed by atoms with Gasteiger partial charge >= 0.3 is 0 Å². The summed E-state index contributed by atoms with van der Waals surface area (Å²) in [6.07, 6.45) is 10.1. The van der Waals surface area contributed by atoms with Gasteiger partial charge in [-0.3, -0.25) is 9.59 Å². The highest BCUT2D eigenvalue weighted by atomic mass is 16.2. The summed E-state index contributed by atoms with van der Waals surface area (Å²) >= 11 is 0. The van der Waals surface area contributed by atoms with Crippen molar-refractivity contribution in [1.29, 1.82) is 0 Å². The number of hydrogen-bond donors (Lipinski definition) is 2. The predicted molar refractivity (Wildman–Crippen MR) is 79.4 cm³/mol. The van der Waals surface area contributed by atoms with Gasteiger partial charge in [0.05, 0.1) is 0 Å². The molecular formula is C17H26N2O2. The summed E-state index contributed by atoms with van der Waals surface area (Å²) in [5.41, 5.74) is -0.138. The van der Waals surface area contributed by atoms with E-state index in [1.165, 1.54) is 19.3 Å². The first kappa shape index (κ1) is 13.6. The maximum atomic E-state index is 12.9. The van der Waals surface area contributed by atoms with Crippen LogP contribution in [0.3, 0.4) is 0 Å². The Morgan fingerprint density at radius 3 is 2.29 bits per heavy atom. The largest absolute Gasteiger partial charge is 0.354 e. The fourth-order valence-electron chi connectivity index (χ4n) is 5.78. The summed E-state index contributed by atoms with van der Waals surface area (Å²) in [5.74, 6) is 2.51. The van der Waals surface area contributed by atoms with Crippen LogP contribution in [0.15, 0.2) is 0 Å². The third-order valence-electron chi connectivity index (χ3n) is 6.36. The number of nitrogens with one attached hydrogen (secondary N) is 2. The highest BCUT2D eigenvalue weighted by molar-refractivity contribution is 5.90. The summed E-state index contributed by atoms with van der Waals surface area (Å²) in [5, 5.41) is 6.03. The molecule has 116 valence electrons. The molecule has 0 radical (unpaired) electrons. The van der Waals surface area contributed by atoms with E-state index in [1.54, 1.807) is 0 Å². The van der Waals surface area contributed by atoms with Gasteiger partial charge in [-0.1, -0.05) is 0 Å². The Labute approximate surface area is 126 Å². The number of carbonyl (C=O) groups is 2. The van der Waals surface area contributed by atoms with Crippen molar-refractivity contribution in [2.75, 3.05) is 6.54 Å². The predicted octanol–water partition coefficient (Wildman–Crippen LogP) is 1.99. The van der Waals surface area contributed by atoms with Crippen LogP contribution in [0.25, 0.3) is 0 Å². The Kier molecular flexibility index (Phi) is 3.23. The van der Waals surface area contributed by atoms with Crippen molar-refractivity contribution in [1.82, 2.24) is 10.6 Å². The SMILES string of the molecule is O=C1NCCCC[C@H]1NC(=O)C12CC3CC(CC(C3)C1)C2. The average molecular weight is 290 g/mol. The molecule has 4 aliphatic carbocycles. The summed E-state index contributed by atoms with van der Waals surface area (Å²) in [6, 6.07) is -0.298. The first-order valence-corrected chi connectivity index (χ1v) is 8.73. The van der Waals surface area contributed by atoms with Gasteiger partial charge < -0.3 is 10.6 Å². The molecule has 1 atom stereocenters. The zero-order valence-corrected chi connectivity index (χ0v) is 12.7. The first-order valence-electron chi connectivity index (χ1n) is 8.73. The average Bonchev–Trinajstić information content (AvgIpc) is 2.62. The molecule has 5 fully saturated rings. The van der Waals surface area contributed by atoms with Crippen molar-refractivity contribution in [2.45, 2.75) is 63.8 Å². The molecule has 4 nitrogen and oxygen atoms in total. The van der Waals surface area contributed by atoms with Crippen molar-refractivity contribution in [3.63, 3.8) is 0 Å². The van der Waals surface area contributed by atoms with E-state index < -0.39 is 0 Å². The minimum atomic E-state index is -0.298. The van der Waals surface area contributed by atoms with E-state index in [0.29, 0.717) is 0 Å². The Bertz CT molecular complexity index is 424. The van der Waals surface area contributed by atoms with Gasteiger partial charge in [0.15, 0.2) is 0 Å². The smallest absolute Gasteiger partial charge is 0.242 e. The summed E-state index contributed by atoms with van der Waals surface area (Å²) in [4.78, 5) is 25.0. The molecule has 2 amide bonds. The molecule has 21 heavy (non-hydrogen) atoms. The molecule has 4 heteroatoms. The zero-order chi connectivity index (χ0) is 14.4. The van der Waals surface area contributed by atoms with Crippen LogP contribution in [0.2, 0.25) is 0 Å². The third kappa shape index (κ3) is 2.36. The molecule has 4 bridgehead atoms. The fourth-order valence-corrected chi connectivity index (χ4v) is 5.78. The Morgan fingerprint density at radius 1 is 1.05 bits per heavy atom. The lowest BCUT2D eigenvalue weighted by Crippen LogP contribution is -2.57. The summed E-state index contributed by atoms with van der Waals surface area (Å²) < 4.78 is 0. The molecule has 1 aliphatic heterocycles. The molecular weight excluding hydrogens is 264 g/mol. The van der Waals surface area contributed by atoms with E-state index in [2.05, 4.69) is 10.6 Å². The van der Waals surface area contributed by atoms with Gasteiger partial charge in [0.1, 0.15) is 6.04 Å². The van der Waals surface area contributed by atoms with Crippen molar-refractivity contribution in [3.05, 3.63) is 0 Å². The first-order chi connectivity index (χ1) is 10.1. The molecule has 0 aromatic heterocycles. The summed E-state index contributed by atoms with van der Waals surface area (Å²) in [7, 11) is 0. The Hall–Kier alpha value is -1.06. The van der Waals surface area contributed by atoms with E-state index in [4.69, 9.17) is 0 Å². The van der Waals surface area contributed by atoms with Crippen LogP contribution in [-0.4, -0.2) is 24.4 Å². The summed E-state index contributed by atoms with van der Waals surface area (Å²) in [6.45, 7) is 0.753. The molecule has 0 spiro atoms. The van der Waals surface area contributed by atoms with E-state index in [1.807, 2.05) is 0 Å². The van der Waals surface area contributed by atoms with Crippen LogP contribution in [0.4, 0.5) is 0 Å². The Morgan fingerprint density at radius 2 is 1.67 bits per heavy atom. The van der Waals surface area contributed by atoms with Gasteiger partial charge in [-0.25, -0.2) is 0 Å².